The van der Waals surface area contributed by atoms with Gasteiger partial charge in [-0.05, 0) is 44.5 Å². The van der Waals surface area contributed by atoms with Crippen molar-refractivity contribution < 1.29 is 9.59 Å². The smallest absolute Gasteiger partial charge is 0.251 e. The van der Waals surface area contributed by atoms with Gasteiger partial charge in [-0.2, -0.15) is 0 Å². The second-order valence-corrected chi connectivity index (χ2v) is 8.40. The molecule has 0 aliphatic carbocycles. The van der Waals surface area contributed by atoms with Crippen molar-refractivity contribution in [1.82, 2.24) is 20.1 Å². The van der Waals surface area contributed by atoms with Gasteiger partial charge in [0.2, 0.25) is 5.91 Å². The van der Waals surface area contributed by atoms with Gasteiger partial charge in [0.05, 0.1) is 11.8 Å². The van der Waals surface area contributed by atoms with E-state index >= 15 is 0 Å². The Hall–Kier alpha value is -3.39. The van der Waals surface area contributed by atoms with Gasteiger partial charge in [0.15, 0.2) is 11.0 Å². The first kappa shape index (κ1) is 23.3. The summed E-state index contributed by atoms with van der Waals surface area (Å²) in [6.07, 6.45) is 1.73. The second kappa shape index (κ2) is 10.8. The number of anilines is 1. The van der Waals surface area contributed by atoms with Crippen molar-refractivity contribution in [3.63, 3.8) is 0 Å². The Morgan fingerprint density at radius 1 is 1.16 bits per heavy atom. The van der Waals surface area contributed by atoms with Crippen LogP contribution in [0.15, 0.2) is 66.3 Å². The van der Waals surface area contributed by atoms with Crippen molar-refractivity contribution in [2.75, 3.05) is 11.1 Å². The highest BCUT2D eigenvalue weighted by Crippen LogP contribution is 2.22. The third kappa shape index (κ3) is 5.85. The molecule has 1 heterocycles. The first-order chi connectivity index (χ1) is 15.4. The van der Waals surface area contributed by atoms with E-state index in [2.05, 4.69) is 27.4 Å². The zero-order valence-corrected chi connectivity index (χ0v) is 19.3. The molecule has 1 atom stereocenters. The lowest BCUT2D eigenvalue weighted by molar-refractivity contribution is -0.113. The van der Waals surface area contributed by atoms with E-state index in [4.69, 9.17) is 0 Å². The molecule has 7 nitrogen and oxygen atoms in total. The molecule has 0 saturated heterocycles. The molecule has 3 rings (SSSR count). The highest BCUT2D eigenvalue weighted by atomic mass is 32.2. The number of aryl methyl sites for hydroxylation is 2. The van der Waals surface area contributed by atoms with Crippen LogP contribution in [-0.4, -0.2) is 32.3 Å². The molecule has 166 valence electrons. The van der Waals surface area contributed by atoms with E-state index in [0.29, 0.717) is 23.1 Å². The Labute approximate surface area is 192 Å². The van der Waals surface area contributed by atoms with E-state index in [1.165, 1.54) is 11.8 Å². The number of thioether (sulfide) groups is 1. The van der Waals surface area contributed by atoms with Gasteiger partial charge >= 0.3 is 0 Å². The molecule has 1 aromatic heterocycles. The number of carbonyl (C=O) groups is 2. The number of hydrogen-bond donors (Lipinski definition) is 2. The van der Waals surface area contributed by atoms with E-state index in [1.54, 1.807) is 18.2 Å². The van der Waals surface area contributed by atoms with Crippen molar-refractivity contribution >= 4 is 29.3 Å². The number of carbonyl (C=O) groups excluding carboxylic acids is 2. The zero-order chi connectivity index (χ0) is 23.1. The van der Waals surface area contributed by atoms with Gasteiger partial charge in [0.1, 0.15) is 0 Å². The van der Waals surface area contributed by atoms with Crippen LogP contribution in [-0.2, 0) is 11.3 Å². The van der Waals surface area contributed by atoms with Crippen LogP contribution in [0.2, 0.25) is 0 Å². The van der Waals surface area contributed by atoms with Crippen molar-refractivity contribution in [2.24, 2.45) is 0 Å². The van der Waals surface area contributed by atoms with E-state index in [9.17, 15) is 9.59 Å². The minimum absolute atomic E-state index is 0.123. The van der Waals surface area contributed by atoms with Crippen molar-refractivity contribution in [2.45, 2.75) is 38.5 Å². The summed E-state index contributed by atoms with van der Waals surface area (Å²) in [4.78, 5) is 25.0. The molecule has 32 heavy (non-hydrogen) atoms. The lowest BCUT2D eigenvalue weighted by Gasteiger charge is -2.15. The van der Waals surface area contributed by atoms with Gasteiger partial charge in [-0.3, -0.25) is 9.59 Å². The summed E-state index contributed by atoms with van der Waals surface area (Å²) < 4.78 is 1.86. The van der Waals surface area contributed by atoms with E-state index in [0.717, 1.165) is 16.8 Å². The lowest BCUT2D eigenvalue weighted by atomic mass is 10.1. The number of rotatable bonds is 9. The average Bonchev–Trinajstić information content (AvgIpc) is 3.18. The molecule has 0 aliphatic rings. The van der Waals surface area contributed by atoms with Crippen LogP contribution in [0, 0.1) is 13.8 Å². The minimum atomic E-state index is -0.367. The first-order valence-electron chi connectivity index (χ1n) is 10.3. The molecule has 0 bridgehead atoms. The highest BCUT2D eigenvalue weighted by molar-refractivity contribution is 7.99. The van der Waals surface area contributed by atoms with Crippen LogP contribution in [0.3, 0.4) is 0 Å². The van der Waals surface area contributed by atoms with Gasteiger partial charge in [-0.1, -0.05) is 53.7 Å². The fourth-order valence-electron chi connectivity index (χ4n) is 3.23. The SMILES string of the molecule is C=CCn1c(SCC(=O)Nc2ccc(C)cc2C)nnc1[C@@H](C)NC(=O)c1ccccc1. The van der Waals surface area contributed by atoms with Gasteiger partial charge in [0, 0.05) is 17.8 Å². The molecular weight excluding hydrogens is 422 g/mol. The number of allylic oxidation sites excluding steroid dienone is 1. The molecule has 2 N–H and O–H groups in total. The average molecular weight is 450 g/mol. The molecule has 0 spiro atoms. The molecule has 0 fully saturated rings. The molecule has 0 radical (unpaired) electrons. The lowest BCUT2D eigenvalue weighted by Crippen LogP contribution is -2.28. The normalized spacial score (nSPS) is 11.6. The zero-order valence-electron chi connectivity index (χ0n) is 18.5. The molecule has 2 aromatic carbocycles. The second-order valence-electron chi connectivity index (χ2n) is 7.46. The summed E-state index contributed by atoms with van der Waals surface area (Å²) in [5.41, 5.74) is 3.54. The summed E-state index contributed by atoms with van der Waals surface area (Å²) in [5, 5.41) is 15.0. The van der Waals surface area contributed by atoms with Crippen LogP contribution < -0.4 is 10.6 Å². The molecule has 0 saturated carbocycles. The molecule has 2 amide bonds. The van der Waals surface area contributed by atoms with Crippen LogP contribution in [0.1, 0.15) is 40.3 Å². The van der Waals surface area contributed by atoms with Crippen molar-refractivity contribution in [3.05, 3.63) is 83.7 Å². The molecule has 0 aliphatic heterocycles. The van der Waals surface area contributed by atoms with Crippen molar-refractivity contribution in [1.29, 1.82) is 0 Å². The number of nitrogens with zero attached hydrogens (tertiary/aromatic N) is 3. The number of benzene rings is 2. The third-order valence-electron chi connectivity index (χ3n) is 4.82. The molecular formula is C24H27N5O2S. The van der Waals surface area contributed by atoms with Crippen LogP contribution in [0.5, 0.6) is 0 Å². The van der Waals surface area contributed by atoms with E-state index < -0.39 is 0 Å². The van der Waals surface area contributed by atoms with Crippen molar-refractivity contribution in [3.8, 4) is 0 Å². The molecule has 0 unspecified atom stereocenters. The maximum Gasteiger partial charge on any atom is 0.251 e. The fraction of sp³-hybridized carbons (Fsp3) is 0.250. The number of amides is 2. The fourth-order valence-corrected chi connectivity index (χ4v) is 3.99. The van der Waals surface area contributed by atoms with Gasteiger partial charge in [-0.15, -0.1) is 16.8 Å². The molecule has 8 heteroatoms. The Morgan fingerprint density at radius 2 is 1.91 bits per heavy atom. The highest BCUT2D eigenvalue weighted by Gasteiger charge is 2.20. The summed E-state index contributed by atoms with van der Waals surface area (Å²) in [6.45, 7) is 10.1. The standard InChI is InChI=1S/C24H27N5O2S/c1-5-13-29-22(18(4)25-23(31)19-9-7-6-8-10-19)27-28-24(29)32-15-21(30)26-20-12-11-16(2)14-17(20)3/h5-12,14,18H,1,13,15H2,2-4H3,(H,25,31)(H,26,30)/t18-/m1/s1. The first-order valence-corrected chi connectivity index (χ1v) is 11.3. The number of hydrogen-bond acceptors (Lipinski definition) is 5. The molecule has 3 aromatic rings. The van der Waals surface area contributed by atoms with Gasteiger partial charge in [-0.25, -0.2) is 0 Å². The summed E-state index contributed by atoms with van der Waals surface area (Å²) in [5.74, 6) is 0.481. The minimum Gasteiger partial charge on any atom is -0.342 e. The Balaban J connectivity index is 1.66. The Bertz CT molecular complexity index is 1110. The maximum absolute atomic E-state index is 12.5. The third-order valence-corrected chi connectivity index (χ3v) is 5.78. The maximum atomic E-state index is 12.5. The quantitative estimate of drug-likeness (QED) is 0.376. The van der Waals surface area contributed by atoms with Crippen LogP contribution in [0.4, 0.5) is 5.69 Å². The number of aromatic nitrogens is 3. The van der Waals surface area contributed by atoms with Crippen LogP contribution in [0.25, 0.3) is 0 Å². The predicted molar refractivity (Wildman–Crippen MR) is 128 cm³/mol. The topological polar surface area (TPSA) is 88.9 Å². The van der Waals surface area contributed by atoms with Gasteiger partial charge in [0.25, 0.3) is 5.91 Å². The van der Waals surface area contributed by atoms with Crippen LogP contribution >= 0.6 is 11.8 Å². The summed E-state index contributed by atoms with van der Waals surface area (Å²) in [7, 11) is 0. The number of nitrogens with one attached hydrogen (secondary N) is 2. The summed E-state index contributed by atoms with van der Waals surface area (Å²) in [6, 6.07) is 14.5. The predicted octanol–water partition coefficient (Wildman–Crippen LogP) is 4.30. The van der Waals surface area contributed by atoms with E-state index in [1.807, 2.05) is 61.7 Å². The summed E-state index contributed by atoms with van der Waals surface area (Å²) >= 11 is 1.29. The van der Waals surface area contributed by atoms with Gasteiger partial charge < -0.3 is 15.2 Å². The monoisotopic (exact) mass is 449 g/mol. The Morgan fingerprint density at radius 3 is 2.59 bits per heavy atom. The van der Waals surface area contributed by atoms with E-state index in [-0.39, 0.29) is 23.6 Å². The largest absolute Gasteiger partial charge is 0.342 e. The Kier molecular flexibility index (Phi) is 7.83.